The Balaban J connectivity index is 1.30. The number of halogens is 2. The lowest BCUT2D eigenvalue weighted by Gasteiger charge is -2.36. The predicted molar refractivity (Wildman–Crippen MR) is 135 cm³/mol. The molecule has 2 N–H and O–H groups in total. The summed E-state index contributed by atoms with van der Waals surface area (Å²) in [6.07, 6.45) is 0. The maximum Gasteiger partial charge on any atom is 0.323 e. The molecule has 8 heteroatoms. The first-order valence-corrected chi connectivity index (χ1v) is 11.4. The Morgan fingerprint density at radius 1 is 0.788 bits per heavy atom. The molecular weight excluding hydrogens is 459 g/mol. The van der Waals surface area contributed by atoms with Crippen LogP contribution in [0.4, 0.5) is 21.9 Å². The average molecular weight is 483 g/mol. The highest BCUT2D eigenvalue weighted by molar-refractivity contribution is 6.42. The molecule has 6 nitrogen and oxygen atoms in total. The number of urea groups is 1. The Labute approximate surface area is 203 Å². The summed E-state index contributed by atoms with van der Waals surface area (Å²) < 4.78 is 0. The van der Waals surface area contributed by atoms with E-state index >= 15 is 0 Å². The van der Waals surface area contributed by atoms with Gasteiger partial charge in [0.1, 0.15) is 0 Å². The third-order valence-corrected chi connectivity index (χ3v) is 6.35. The normalized spacial score (nSPS) is 13.5. The van der Waals surface area contributed by atoms with Crippen molar-refractivity contribution in [3.8, 4) is 0 Å². The maximum atomic E-state index is 12.8. The molecule has 1 fully saturated rings. The van der Waals surface area contributed by atoms with Gasteiger partial charge in [0.05, 0.1) is 10.0 Å². The summed E-state index contributed by atoms with van der Waals surface area (Å²) in [5.74, 6) is 0.0836. The zero-order chi connectivity index (χ0) is 23.4. The molecule has 0 bridgehead atoms. The molecule has 3 aromatic carbocycles. The summed E-state index contributed by atoms with van der Waals surface area (Å²) in [5.41, 5.74) is 4.03. The SMILES string of the molecule is Cc1ccccc1C(=O)N1CCN(c2ccc(NC(=O)Nc3ccc(Cl)c(Cl)c3)cc2)CC1. The van der Waals surface area contributed by atoms with Crippen molar-refractivity contribution in [3.63, 3.8) is 0 Å². The van der Waals surface area contributed by atoms with Gasteiger partial charge in [-0.2, -0.15) is 0 Å². The summed E-state index contributed by atoms with van der Waals surface area (Å²) in [6.45, 7) is 4.80. The fraction of sp³-hybridized carbons (Fsp3) is 0.200. The van der Waals surface area contributed by atoms with Crippen LogP contribution in [0.25, 0.3) is 0 Å². The fourth-order valence-electron chi connectivity index (χ4n) is 3.77. The maximum absolute atomic E-state index is 12.8. The van der Waals surface area contributed by atoms with Gasteiger partial charge < -0.3 is 20.4 Å². The van der Waals surface area contributed by atoms with Crippen LogP contribution < -0.4 is 15.5 Å². The number of nitrogens with one attached hydrogen (secondary N) is 2. The first-order valence-electron chi connectivity index (χ1n) is 10.6. The lowest BCUT2D eigenvalue weighted by Crippen LogP contribution is -2.48. The molecule has 33 heavy (non-hydrogen) atoms. The van der Waals surface area contributed by atoms with Crippen molar-refractivity contribution in [2.45, 2.75) is 6.92 Å². The lowest BCUT2D eigenvalue weighted by atomic mass is 10.1. The number of nitrogens with zero attached hydrogens (tertiary/aromatic N) is 2. The molecule has 0 atom stereocenters. The monoisotopic (exact) mass is 482 g/mol. The first-order chi connectivity index (χ1) is 15.9. The van der Waals surface area contributed by atoms with Crippen LogP contribution >= 0.6 is 23.2 Å². The van der Waals surface area contributed by atoms with Gasteiger partial charge >= 0.3 is 6.03 Å². The number of piperazine rings is 1. The molecular formula is C25H24Cl2N4O2. The van der Waals surface area contributed by atoms with Crippen LogP contribution in [0.15, 0.2) is 66.7 Å². The van der Waals surface area contributed by atoms with Crippen LogP contribution in [0, 0.1) is 6.92 Å². The van der Waals surface area contributed by atoms with E-state index in [1.807, 2.05) is 60.4 Å². The Kier molecular flexibility index (Phi) is 7.06. The van der Waals surface area contributed by atoms with Crippen LogP contribution in [0.3, 0.4) is 0 Å². The van der Waals surface area contributed by atoms with Crippen LogP contribution in [0.5, 0.6) is 0 Å². The zero-order valence-corrected chi connectivity index (χ0v) is 19.7. The van der Waals surface area contributed by atoms with Gasteiger partial charge in [-0.05, 0) is 61.0 Å². The van der Waals surface area contributed by atoms with Gasteiger partial charge in [0.15, 0.2) is 0 Å². The molecule has 0 aromatic heterocycles. The Hall–Kier alpha value is -3.22. The number of hydrogen-bond donors (Lipinski definition) is 2. The minimum Gasteiger partial charge on any atom is -0.368 e. The predicted octanol–water partition coefficient (Wildman–Crippen LogP) is 5.91. The topological polar surface area (TPSA) is 64.7 Å². The molecule has 4 rings (SSSR count). The van der Waals surface area contributed by atoms with Gasteiger partial charge in [0.25, 0.3) is 5.91 Å². The number of amides is 3. The molecule has 0 spiro atoms. The van der Waals surface area contributed by atoms with E-state index in [2.05, 4.69) is 15.5 Å². The van der Waals surface area contributed by atoms with Gasteiger partial charge in [-0.15, -0.1) is 0 Å². The van der Waals surface area contributed by atoms with E-state index in [-0.39, 0.29) is 11.9 Å². The van der Waals surface area contributed by atoms with Crippen LogP contribution in [-0.4, -0.2) is 43.0 Å². The second-order valence-corrected chi connectivity index (χ2v) is 8.66. The van der Waals surface area contributed by atoms with Crippen molar-refractivity contribution in [2.75, 3.05) is 41.7 Å². The van der Waals surface area contributed by atoms with Crippen molar-refractivity contribution in [2.24, 2.45) is 0 Å². The molecule has 3 aromatic rings. The van der Waals surface area contributed by atoms with Gasteiger partial charge in [0.2, 0.25) is 0 Å². The molecule has 3 amide bonds. The van der Waals surface area contributed by atoms with Crippen molar-refractivity contribution in [1.82, 2.24) is 4.90 Å². The zero-order valence-electron chi connectivity index (χ0n) is 18.1. The number of carbonyl (C=O) groups is 2. The Morgan fingerprint density at radius 3 is 2.09 bits per heavy atom. The van der Waals surface area contributed by atoms with Crippen LogP contribution in [0.2, 0.25) is 10.0 Å². The molecule has 0 aliphatic carbocycles. The quantitative estimate of drug-likeness (QED) is 0.485. The van der Waals surface area contributed by atoms with E-state index in [4.69, 9.17) is 23.2 Å². The number of aryl methyl sites for hydroxylation is 1. The standard InChI is InChI=1S/C25H24Cl2N4O2/c1-17-4-2-3-5-21(17)24(32)31-14-12-30(13-15-31)20-9-6-18(7-10-20)28-25(33)29-19-8-11-22(26)23(27)16-19/h2-11,16H,12-15H2,1H3,(H2,28,29,33). The van der Waals surface area contributed by atoms with E-state index in [0.717, 1.165) is 29.9 Å². The Bertz CT molecular complexity index is 1160. The van der Waals surface area contributed by atoms with Gasteiger partial charge in [0, 0.05) is 48.8 Å². The van der Waals surface area contributed by atoms with Gasteiger partial charge in [-0.25, -0.2) is 4.79 Å². The minimum atomic E-state index is -0.371. The molecule has 0 radical (unpaired) electrons. The lowest BCUT2D eigenvalue weighted by molar-refractivity contribution is 0.0746. The fourth-order valence-corrected chi connectivity index (χ4v) is 4.07. The number of carbonyl (C=O) groups excluding carboxylic acids is 2. The van der Waals surface area contributed by atoms with Gasteiger partial charge in [-0.1, -0.05) is 41.4 Å². The number of rotatable bonds is 4. The number of hydrogen-bond acceptors (Lipinski definition) is 3. The third-order valence-electron chi connectivity index (χ3n) is 5.61. The van der Waals surface area contributed by atoms with E-state index in [1.54, 1.807) is 18.2 Å². The smallest absolute Gasteiger partial charge is 0.323 e. The average Bonchev–Trinajstić information content (AvgIpc) is 2.82. The highest BCUT2D eigenvalue weighted by Gasteiger charge is 2.23. The number of benzene rings is 3. The van der Waals surface area contributed by atoms with Crippen molar-refractivity contribution in [1.29, 1.82) is 0 Å². The van der Waals surface area contributed by atoms with Crippen molar-refractivity contribution < 1.29 is 9.59 Å². The van der Waals surface area contributed by atoms with Crippen molar-refractivity contribution >= 4 is 52.2 Å². The molecule has 1 heterocycles. The Morgan fingerprint density at radius 2 is 1.42 bits per heavy atom. The molecule has 1 saturated heterocycles. The van der Waals surface area contributed by atoms with E-state index < -0.39 is 0 Å². The summed E-state index contributed by atoms with van der Waals surface area (Å²) in [4.78, 5) is 29.2. The second kappa shape index (κ2) is 10.1. The number of anilines is 3. The summed E-state index contributed by atoms with van der Waals surface area (Å²) >= 11 is 11.9. The summed E-state index contributed by atoms with van der Waals surface area (Å²) in [5, 5.41) is 6.33. The molecule has 1 aliphatic rings. The molecule has 1 aliphatic heterocycles. The van der Waals surface area contributed by atoms with E-state index in [9.17, 15) is 9.59 Å². The molecule has 170 valence electrons. The second-order valence-electron chi connectivity index (χ2n) is 7.85. The van der Waals surface area contributed by atoms with E-state index in [1.165, 1.54) is 0 Å². The van der Waals surface area contributed by atoms with Crippen LogP contribution in [-0.2, 0) is 0 Å². The van der Waals surface area contributed by atoms with Crippen LogP contribution in [0.1, 0.15) is 15.9 Å². The first kappa shape index (κ1) is 23.0. The highest BCUT2D eigenvalue weighted by Crippen LogP contribution is 2.25. The van der Waals surface area contributed by atoms with Gasteiger partial charge in [-0.3, -0.25) is 4.79 Å². The summed E-state index contributed by atoms with van der Waals surface area (Å²) in [7, 11) is 0. The third kappa shape index (κ3) is 5.59. The molecule has 0 unspecified atom stereocenters. The highest BCUT2D eigenvalue weighted by atomic mass is 35.5. The summed E-state index contributed by atoms with van der Waals surface area (Å²) in [6, 6.07) is 19.9. The van der Waals surface area contributed by atoms with Crippen molar-refractivity contribution in [3.05, 3.63) is 87.9 Å². The van der Waals surface area contributed by atoms with E-state index in [0.29, 0.717) is 34.5 Å². The molecule has 0 saturated carbocycles. The minimum absolute atomic E-state index is 0.0836. The largest absolute Gasteiger partial charge is 0.368 e.